The van der Waals surface area contributed by atoms with E-state index in [1.165, 1.54) is 0 Å². The first-order valence-corrected chi connectivity index (χ1v) is 7.31. The predicted octanol–water partition coefficient (Wildman–Crippen LogP) is 3.20. The molecule has 0 N–H and O–H groups in total. The average Bonchev–Trinajstić information content (AvgIpc) is 2.22. The Kier molecular flexibility index (Phi) is 8.13. The van der Waals surface area contributed by atoms with E-state index in [9.17, 15) is 9.59 Å². The van der Waals surface area contributed by atoms with Gasteiger partial charge in [0.05, 0.1) is 24.0 Å². The second-order valence-electron chi connectivity index (χ2n) is 7.96. The van der Waals surface area contributed by atoms with Gasteiger partial charge < -0.3 is 0 Å². The van der Waals surface area contributed by atoms with Gasteiger partial charge in [-0.25, -0.2) is 9.59 Å². The van der Waals surface area contributed by atoms with E-state index in [0.29, 0.717) is 0 Å². The summed E-state index contributed by atoms with van der Waals surface area (Å²) in [4.78, 5) is 41.9. The summed E-state index contributed by atoms with van der Waals surface area (Å²) in [7, 11) is 0. The van der Waals surface area contributed by atoms with Crippen LogP contribution < -0.4 is 0 Å². The zero-order valence-electron chi connectivity index (χ0n) is 15.2. The molecule has 0 aliphatic rings. The van der Waals surface area contributed by atoms with Crippen molar-refractivity contribution in [1.29, 1.82) is 0 Å². The summed E-state index contributed by atoms with van der Waals surface area (Å²) in [6.45, 7) is 13.8. The molecule has 136 valence electrons. The zero-order chi connectivity index (χ0) is 18.3. The smallest absolute Gasteiger partial charge is 0.269 e. The van der Waals surface area contributed by atoms with E-state index in [4.69, 9.17) is 9.78 Å². The summed E-state index contributed by atoms with van der Waals surface area (Å²) >= 11 is 0. The van der Waals surface area contributed by atoms with Crippen LogP contribution in [0.15, 0.2) is 0 Å². The molecule has 0 fully saturated rings. The molecule has 0 unspecified atom stereocenters. The maximum Gasteiger partial charge on any atom is 0.346 e. The highest BCUT2D eigenvalue weighted by Gasteiger charge is 2.29. The van der Waals surface area contributed by atoms with E-state index >= 15 is 0 Å². The van der Waals surface area contributed by atoms with Crippen molar-refractivity contribution in [2.24, 2.45) is 5.41 Å². The number of hydrogen-bond donors (Lipinski definition) is 0. The van der Waals surface area contributed by atoms with Crippen LogP contribution in [-0.4, -0.2) is 23.1 Å². The van der Waals surface area contributed by atoms with Crippen LogP contribution in [0.2, 0.25) is 0 Å². The molecule has 0 rings (SSSR count). The normalized spacial score (nSPS) is 12.9. The first-order valence-electron chi connectivity index (χ1n) is 7.31. The Bertz CT molecular complexity index is 353. The van der Waals surface area contributed by atoms with Gasteiger partial charge in [0.1, 0.15) is 0 Å². The van der Waals surface area contributed by atoms with Gasteiger partial charge in [-0.1, -0.05) is 13.8 Å². The lowest BCUT2D eigenvalue weighted by molar-refractivity contribution is -0.515. The number of rotatable bonds is 8. The van der Waals surface area contributed by atoms with Gasteiger partial charge in [0.2, 0.25) is 0 Å². The third-order valence-corrected chi connectivity index (χ3v) is 2.07. The maximum atomic E-state index is 11.6. The minimum absolute atomic E-state index is 0.0737. The monoisotopic (exact) mass is 336 g/mol. The maximum absolute atomic E-state index is 11.6. The Labute approximate surface area is 137 Å². The summed E-state index contributed by atoms with van der Waals surface area (Å²) in [5.41, 5.74) is -1.93. The van der Waals surface area contributed by atoms with E-state index in [0.717, 1.165) is 0 Å². The van der Waals surface area contributed by atoms with Gasteiger partial charge in [-0.15, -0.1) is 0 Å². The highest BCUT2D eigenvalue weighted by atomic mass is 17.5. The Morgan fingerprint density at radius 3 is 1.22 bits per heavy atom. The van der Waals surface area contributed by atoms with Gasteiger partial charge in [-0.3, -0.25) is 9.78 Å². The molecule has 0 aromatic rings. The van der Waals surface area contributed by atoms with Gasteiger partial charge in [-0.2, -0.15) is 9.78 Å². The van der Waals surface area contributed by atoms with Crippen LogP contribution >= 0.6 is 0 Å². The van der Waals surface area contributed by atoms with Crippen molar-refractivity contribution in [1.82, 2.24) is 0 Å². The van der Waals surface area contributed by atoms with Crippen LogP contribution in [0.5, 0.6) is 0 Å². The molecule has 0 atom stereocenters. The van der Waals surface area contributed by atoms with Crippen LogP contribution in [0, 0.1) is 5.41 Å². The second-order valence-corrected chi connectivity index (χ2v) is 7.96. The van der Waals surface area contributed by atoms with E-state index in [2.05, 4.69) is 19.9 Å². The molecule has 23 heavy (non-hydrogen) atoms. The summed E-state index contributed by atoms with van der Waals surface area (Å²) in [5, 5.41) is 8.81. The van der Waals surface area contributed by atoms with Gasteiger partial charge in [0, 0.05) is 0 Å². The molecule has 0 bridgehead atoms. The van der Waals surface area contributed by atoms with Crippen LogP contribution in [0.3, 0.4) is 0 Å². The number of carbonyl (C=O) groups excluding carboxylic acids is 2. The second kappa shape index (κ2) is 8.58. The van der Waals surface area contributed by atoms with Crippen LogP contribution in [0.25, 0.3) is 0 Å². The molecule has 0 amide bonds. The van der Waals surface area contributed by atoms with Crippen molar-refractivity contribution in [2.75, 3.05) is 0 Å². The third kappa shape index (κ3) is 14.1. The molecule has 0 heterocycles. The Morgan fingerprint density at radius 2 is 0.957 bits per heavy atom. The average molecular weight is 336 g/mol. The SMILES string of the molecule is CC(C)(CC(=O)OOOC(C)(C)C)CC(=O)OOOC(C)(C)C. The molecular formula is C15H28O8. The van der Waals surface area contributed by atoms with Gasteiger partial charge in [0.25, 0.3) is 0 Å². The lowest BCUT2D eigenvalue weighted by atomic mass is 9.86. The topological polar surface area (TPSA) is 89.5 Å². The summed E-state index contributed by atoms with van der Waals surface area (Å²) < 4.78 is 0. The summed E-state index contributed by atoms with van der Waals surface area (Å²) in [6, 6.07) is 0. The standard InChI is InChI=1S/C15H28O8/c1-13(2,3)20-22-18-11(16)9-15(7,8)10-12(17)19-23-21-14(4,5)6/h9-10H2,1-8H3. The molecule has 0 radical (unpaired) electrons. The van der Waals surface area contributed by atoms with Crippen LogP contribution in [-0.2, 0) is 39.2 Å². The quantitative estimate of drug-likeness (QED) is 0.493. The lowest BCUT2D eigenvalue weighted by Gasteiger charge is -2.22. The van der Waals surface area contributed by atoms with Crippen molar-refractivity contribution in [3.05, 3.63) is 0 Å². The molecule has 0 aromatic carbocycles. The Morgan fingerprint density at radius 1 is 0.652 bits per heavy atom. The minimum Gasteiger partial charge on any atom is -0.269 e. The van der Waals surface area contributed by atoms with Crippen molar-refractivity contribution >= 4 is 11.9 Å². The fourth-order valence-electron chi connectivity index (χ4n) is 1.22. The van der Waals surface area contributed by atoms with E-state index in [-0.39, 0.29) is 12.8 Å². The molecule has 8 nitrogen and oxygen atoms in total. The van der Waals surface area contributed by atoms with Gasteiger partial charge >= 0.3 is 11.9 Å². The van der Waals surface area contributed by atoms with E-state index in [1.807, 2.05) is 0 Å². The van der Waals surface area contributed by atoms with Crippen molar-refractivity contribution < 1.29 is 39.2 Å². The first kappa shape index (κ1) is 21.8. The molecule has 0 aromatic heterocycles. The van der Waals surface area contributed by atoms with Crippen molar-refractivity contribution in [3.63, 3.8) is 0 Å². The van der Waals surface area contributed by atoms with Crippen LogP contribution in [0.4, 0.5) is 0 Å². The van der Waals surface area contributed by atoms with Gasteiger partial charge in [0.15, 0.2) is 0 Å². The molecule has 0 saturated carbocycles. The predicted molar refractivity (Wildman–Crippen MR) is 79.0 cm³/mol. The van der Waals surface area contributed by atoms with Gasteiger partial charge in [-0.05, 0) is 57.0 Å². The van der Waals surface area contributed by atoms with Crippen molar-refractivity contribution in [3.8, 4) is 0 Å². The highest BCUT2D eigenvalue weighted by Crippen LogP contribution is 2.26. The van der Waals surface area contributed by atoms with Crippen molar-refractivity contribution in [2.45, 2.75) is 79.4 Å². The number of hydrogen-bond acceptors (Lipinski definition) is 8. The fraction of sp³-hybridized carbons (Fsp3) is 0.867. The largest absolute Gasteiger partial charge is 0.346 e. The molecule has 0 saturated heterocycles. The fourth-order valence-corrected chi connectivity index (χ4v) is 1.22. The Balaban J connectivity index is 4.11. The summed E-state index contributed by atoms with van der Waals surface area (Å²) in [6.07, 6.45) is -0.147. The minimum atomic E-state index is -0.718. The van der Waals surface area contributed by atoms with E-state index in [1.54, 1.807) is 55.4 Å². The molecule has 0 aliphatic heterocycles. The highest BCUT2D eigenvalue weighted by molar-refractivity contribution is 5.73. The first-order chi connectivity index (χ1) is 10.2. The zero-order valence-corrected chi connectivity index (χ0v) is 15.2. The third-order valence-electron chi connectivity index (χ3n) is 2.07. The Hall–Kier alpha value is -1.22. The molecule has 0 aliphatic carbocycles. The molecule has 8 heteroatoms. The van der Waals surface area contributed by atoms with E-state index < -0.39 is 28.6 Å². The lowest BCUT2D eigenvalue weighted by Crippen LogP contribution is -2.26. The summed E-state index contributed by atoms with van der Waals surface area (Å²) in [5.74, 6) is -1.34. The molecular weight excluding hydrogens is 308 g/mol. The molecule has 0 spiro atoms. The van der Waals surface area contributed by atoms with Crippen LogP contribution in [0.1, 0.15) is 68.2 Å². The number of carbonyl (C=O) groups is 2.